The molecule has 0 spiro atoms. The summed E-state index contributed by atoms with van der Waals surface area (Å²) in [6.45, 7) is 0.591. The van der Waals surface area contributed by atoms with Gasteiger partial charge >= 0.3 is 5.97 Å². The zero-order valence-corrected chi connectivity index (χ0v) is 14.4. The fourth-order valence-corrected chi connectivity index (χ4v) is 3.67. The van der Waals surface area contributed by atoms with Gasteiger partial charge in [-0.15, -0.1) is 0 Å². The topological polar surface area (TPSA) is 59.5 Å². The van der Waals surface area contributed by atoms with Crippen molar-refractivity contribution in [1.29, 1.82) is 0 Å². The summed E-state index contributed by atoms with van der Waals surface area (Å²) in [7, 11) is 1.38. The second-order valence-corrected chi connectivity index (χ2v) is 6.92. The van der Waals surface area contributed by atoms with Crippen molar-refractivity contribution in [3.8, 4) is 0 Å². The van der Waals surface area contributed by atoms with E-state index < -0.39 is 6.04 Å². The van der Waals surface area contributed by atoms with Crippen LogP contribution in [0.1, 0.15) is 54.1 Å². The van der Waals surface area contributed by atoms with Crippen LogP contribution in [0, 0.1) is 0 Å². The Bertz CT molecular complexity index is 829. The van der Waals surface area contributed by atoms with Gasteiger partial charge in [0.15, 0.2) is 0 Å². The maximum Gasteiger partial charge on any atom is 0.328 e. The third-order valence-corrected chi connectivity index (χ3v) is 5.20. The molecule has 1 saturated heterocycles. The molecule has 2 heterocycles. The molecule has 4 rings (SSSR count). The lowest BCUT2D eigenvalue weighted by Gasteiger charge is -2.34. The Hall–Kier alpha value is -2.43. The summed E-state index contributed by atoms with van der Waals surface area (Å²) in [6.07, 6.45) is 4.78. The summed E-state index contributed by atoms with van der Waals surface area (Å²) >= 11 is 0. The standard InChI is InChI=1S/C20H22N2O3/c1-25-20(24)18-8-4-5-11-22(18)19(23)15-12-17(13-9-10-13)21-16-7-3-2-6-14(15)16/h2-3,6-7,12-13,18H,4-5,8-11H2,1H3. The highest BCUT2D eigenvalue weighted by Crippen LogP contribution is 2.40. The van der Waals surface area contributed by atoms with E-state index in [0.29, 0.717) is 24.4 Å². The van der Waals surface area contributed by atoms with E-state index >= 15 is 0 Å². The molecule has 130 valence electrons. The number of likely N-dealkylation sites (tertiary alicyclic amines) is 1. The van der Waals surface area contributed by atoms with Crippen molar-refractivity contribution in [3.63, 3.8) is 0 Å². The summed E-state index contributed by atoms with van der Waals surface area (Å²) < 4.78 is 4.92. The lowest BCUT2D eigenvalue weighted by molar-refractivity contribution is -0.147. The van der Waals surface area contributed by atoms with Crippen LogP contribution < -0.4 is 0 Å². The Morgan fingerprint density at radius 1 is 1.16 bits per heavy atom. The van der Waals surface area contributed by atoms with Gasteiger partial charge in [0, 0.05) is 23.5 Å². The first-order valence-corrected chi connectivity index (χ1v) is 8.97. The van der Waals surface area contributed by atoms with Crippen molar-refractivity contribution in [3.05, 3.63) is 41.6 Å². The lowest BCUT2D eigenvalue weighted by atomic mass is 9.99. The van der Waals surface area contributed by atoms with Gasteiger partial charge in [0.05, 0.1) is 18.2 Å². The molecule has 5 heteroatoms. The number of benzene rings is 1. The average Bonchev–Trinajstić information content (AvgIpc) is 3.51. The first-order chi connectivity index (χ1) is 12.2. The number of hydrogen-bond donors (Lipinski definition) is 0. The van der Waals surface area contributed by atoms with Crippen molar-refractivity contribution in [2.75, 3.05) is 13.7 Å². The van der Waals surface area contributed by atoms with Crippen LogP contribution >= 0.6 is 0 Å². The van der Waals surface area contributed by atoms with Crippen LogP contribution in [0.4, 0.5) is 0 Å². The van der Waals surface area contributed by atoms with Gasteiger partial charge in [0.1, 0.15) is 6.04 Å². The quantitative estimate of drug-likeness (QED) is 0.806. The van der Waals surface area contributed by atoms with E-state index in [1.165, 1.54) is 7.11 Å². The van der Waals surface area contributed by atoms with Gasteiger partial charge in [-0.1, -0.05) is 18.2 Å². The second kappa shape index (κ2) is 6.47. The zero-order chi connectivity index (χ0) is 17.4. The summed E-state index contributed by atoms with van der Waals surface area (Å²) in [6, 6.07) is 9.20. The number of carbonyl (C=O) groups is 2. The van der Waals surface area contributed by atoms with Crippen molar-refractivity contribution < 1.29 is 14.3 Å². The highest BCUT2D eigenvalue weighted by molar-refractivity contribution is 6.07. The molecule has 0 radical (unpaired) electrons. The van der Waals surface area contributed by atoms with E-state index in [9.17, 15) is 9.59 Å². The second-order valence-electron chi connectivity index (χ2n) is 6.92. The van der Waals surface area contributed by atoms with E-state index in [0.717, 1.165) is 42.3 Å². The number of aromatic nitrogens is 1. The molecule has 1 aliphatic carbocycles. The molecule has 1 saturated carbocycles. The maximum atomic E-state index is 13.3. The summed E-state index contributed by atoms with van der Waals surface area (Å²) in [5, 5.41) is 0.853. The molecule has 1 aromatic carbocycles. The summed E-state index contributed by atoms with van der Waals surface area (Å²) in [4.78, 5) is 31.9. The minimum Gasteiger partial charge on any atom is -0.467 e. The molecule has 1 aliphatic heterocycles. The van der Waals surface area contributed by atoms with Crippen LogP contribution in [0.5, 0.6) is 0 Å². The van der Waals surface area contributed by atoms with Crippen LogP contribution in [-0.4, -0.2) is 41.5 Å². The molecular formula is C20H22N2O3. The smallest absolute Gasteiger partial charge is 0.328 e. The summed E-state index contributed by atoms with van der Waals surface area (Å²) in [5.74, 6) is 0.0540. The Labute approximate surface area is 147 Å². The minimum absolute atomic E-state index is 0.0874. The minimum atomic E-state index is -0.484. The molecular weight excluding hydrogens is 316 g/mol. The molecule has 5 nitrogen and oxygen atoms in total. The van der Waals surface area contributed by atoms with Gasteiger partial charge in [0.25, 0.3) is 5.91 Å². The van der Waals surface area contributed by atoms with E-state index in [2.05, 4.69) is 0 Å². The third-order valence-electron chi connectivity index (χ3n) is 5.20. The van der Waals surface area contributed by atoms with Gasteiger partial charge in [-0.25, -0.2) is 4.79 Å². The summed E-state index contributed by atoms with van der Waals surface area (Å²) in [5.41, 5.74) is 2.50. The van der Waals surface area contributed by atoms with Gasteiger partial charge in [-0.05, 0) is 44.2 Å². The number of fused-ring (bicyclic) bond motifs is 1. The van der Waals surface area contributed by atoms with Crippen LogP contribution in [0.25, 0.3) is 10.9 Å². The van der Waals surface area contributed by atoms with Gasteiger partial charge in [-0.3, -0.25) is 9.78 Å². The van der Waals surface area contributed by atoms with E-state index in [1.807, 2.05) is 30.3 Å². The molecule has 1 aromatic heterocycles. The van der Waals surface area contributed by atoms with Crippen molar-refractivity contribution >= 4 is 22.8 Å². The van der Waals surface area contributed by atoms with Gasteiger partial charge < -0.3 is 9.64 Å². The molecule has 2 aromatic rings. The highest BCUT2D eigenvalue weighted by Gasteiger charge is 2.35. The molecule has 0 N–H and O–H groups in total. The van der Waals surface area contributed by atoms with Crippen LogP contribution in [0.3, 0.4) is 0 Å². The molecule has 1 amide bonds. The number of nitrogens with zero attached hydrogens (tertiary/aromatic N) is 2. The van der Waals surface area contributed by atoms with Crippen LogP contribution in [0.15, 0.2) is 30.3 Å². The highest BCUT2D eigenvalue weighted by atomic mass is 16.5. The Morgan fingerprint density at radius 2 is 1.96 bits per heavy atom. The molecule has 1 unspecified atom stereocenters. The molecule has 1 atom stereocenters. The van der Waals surface area contributed by atoms with Crippen molar-refractivity contribution in [2.45, 2.75) is 44.1 Å². The van der Waals surface area contributed by atoms with E-state index in [4.69, 9.17) is 9.72 Å². The van der Waals surface area contributed by atoms with Crippen LogP contribution in [-0.2, 0) is 9.53 Å². The first kappa shape index (κ1) is 16.1. The average molecular weight is 338 g/mol. The predicted molar refractivity (Wildman–Crippen MR) is 94.4 cm³/mol. The monoisotopic (exact) mass is 338 g/mol. The first-order valence-electron chi connectivity index (χ1n) is 8.97. The fraction of sp³-hybridized carbons (Fsp3) is 0.450. The number of carbonyl (C=O) groups excluding carboxylic acids is 2. The Kier molecular flexibility index (Phi) is 4.15. The van der Waals surface area contributed by atoms with E-state index in [-0.39, 0.29) is 11.9 Å². The number of piperidine rings is 1. The normalized spacial score (nSPS) is 20.5. The number of esters is 1. The number of methoxy groups -OCH3 is 1. The fourth-order valence-electron chi connectivity index (χ4n) is 3.67. The van der Waals surface area contributed by atoms with Crippen molar-refractivity contribution in [2.24, 2.45) is 0 Å². The number of pyridine rings is 1. The number of para-hydroxylation sites is 1. The lowest BCUT2D eigenvalue weighted by Crippen LogP contribution is -2.48. The number of hydrogen-bond acceptors (Lipinski definition) is 4. The number of ether oxygens (including phenoxy) is 1. The predicted octanol–water partition coefficient (Wildman–Crippen LogP) is 3.28. The van der Waals surface area contributed by atoms with Crippen molar-refractivity contribution in [1.82, 2.24) is 9.88 Å². The molecule has 2 fully saturated rings. The maximum absolute atomic E-state index is 13.3. The Morgan fingerprint density at radius 3 is 2.72 bits per heavy atom. The van der Waals surface area contributed by atoms with Gasteiger partial charge in [0.2, 0.25) is 0 Å². The molecule has 0 bridgehead atoms. The largest absolute Gasteiger partial charge is 0.467 e. The third kappa shape index (κ3) is 2.99. The van der Waals surface area contributed by atoms with Crippen LogP contribution in [0.2, 0.25) is 0 Å². The molecule has 25 heavy (non-hydrogen) atoms. The molecule has 2 aliphatic rings. The SMILES string of the molecule is COC(=O)C1CCCCN1C(=O)c1cc(C2CC2)nc2ccccc12. The van der Waals surface area contributed by atoms with E-state index in [1.54, 1.807) is 4.90 Å². The zero-order valence-electron chi connectivity index (χ0n) is 14.4. The number of amides is 1. The van der Waals surface area contributed by atoms with Gasteiger partial charge in [-0.2, -0.15) is 0 Å². The Balaban J connectivity index is 1.77. The number of rotatable bonds is 3.